The molecule has 2 nitrogen and oxygen atoms in total. The van der Waals surface area contributed by atoms with Crippen LogP contribution in [0, 0.1) is 11.3 Å². The molecular weight excluding hydrogens is 174 g/mol. The average molecular weight is 199 g/mol. The van der Waals surface area contributed by atoms with Gasteiger partial charge in [0.1, 0.15) is 0 Å². The molecule has 0 bridgehead atoms. The predicted octanol–water partition coefficient (Wildman–Crippen LogP) is 2.39. The second-order valence-electron chi connectivity index (χ2n) is 5.85. The van der Waals surface area contributed by atoms with Crippen LogP contribution in [0.4, 0.5) is 0 Å². The Bertz CT molecular complexity index is 172. The third-order valence-corrected chi connectivity index (χ3v) is 2.84. The molecule has 1 aliphatic heterocycles. The maximum atomic E-state index is 5.58. The Labute approximate surface area is 88.6 Å². The standard InChI is InChI=1S/C12H25NO/c1-10(2)8-13-6-7-14-9-11(13)12(3,4)5/h10-11H,6-9H2,1-5H3. The second-order valence-corrected chi connectivity index (χ2v) is 5.85. The van der Waals surface area contributed by atoms with Crippen LogP contribution in [0.1, 0.15) is 34.6 Å². The average Bonchev–Trinajstić information content (AvgIpc) is 2.01. The molecule has 0 radical (unpaired) electrons. The smallest absolute Gasteiger partial charge is 0.0627 e. The Morgan fingerprint density at radius 1 is 1.36 bits per heavy atom. The van der Waals surface area contributed by atoms with Crippen LogP contribution in [0.5, 0.6) is 0 Å². The van der Waals surface area contributed by atoms with Crippen molar-refractivity contribution in [3.8, 4) is 0 Å². The molecular formula is C12H25NO. The minimum atomic E-state index is 0.329. The van der Waals surface area contributed by atoms with E-state index in [9.17, 15) is 0 Å². The van der Waals surface area contributed by atoms with Crippen molar-refractivity contribution in [1.82, 2.24) is 4.90 Å². The van der Waals surface area contributed by atoms with Crippen molar-refractivity contribution in [3.05, 3.63) is 0 Å². The molecule has 0 amide bonds. The minimum absolute atomic E-state index is 0.329. The van der Waals surface area contributed by atoms with Crippen molar-refractivity contribution in [2.45, 2.75) is 40.7 Å². The van der Waals surface area contributed by atoms with E-state index in [0.717, 1.165) is 25.7 Å². The summed E-state index contributed by atoms with van der Waals surface area (Å²) in [5, 5.41) is 0. The molecule has 14 heavy (non-hydrogen) atoms. The molecule has 1 heterocycles. The van der Waals surface area contributed by atoms with Crippen LogP contribution in [0.25, 0.3) is 0 Å². The van der Waals surface area contributed by atoms with Crippen LogP contribution in [0.3, 0.4) is 0 Å². The first kappa shape index (κ1) is 12.0. The van der Waals surface area contributed by atoms with Gasteiger partial charge in [-0.3, -0.25) is 4.90 Å². The van der Waals surface area contributed by atoms with E-state index in [1.165, 1.54) is 6.54 Å². The van der Waals surface area contributed by atoms with Crippen LogP contribution in [0.2, 0.25) is 0 Å². The first-order valence-electron chi connectivity index (χ1n) is 5.73. The largest absolute Gasteiger partial charge is 0.378 e. The van der Waals surface area contributed by atoms with E-state index in [4.69, 9.17) is 4.74 Å². The maximum Gasteiger partial charge on any atom is 0.0627 e. The molecule has 2 heteroatoms. The fourth-order valence-corrected chi connectivity index (χ4v) is 2.12. The monoisotopic (exact) mass is 199 g/mol. The molecule has 0 aromatic rings. The summed E-state index contributed by atoms with van der Waals surface area (Å²) in [4.78, 5) is 2.59. The first-order chi connectivity index (χ1) is 6.41. The summed E-state index contributed by atoms with van der Waals surface area (Å²) in [6, 6.07) is 0.582. The van der Waals surface area contributed by atoms with Gasteiger partial charge in [0.2, 0.25) is 0 Å². The van der Waals surface area contributed by atoms with Gasteiger partial charge in [-0.2, -0.15) is 0 Å². The van der Waals surface area contributed by atoms with Crippen molar-refractivity contribution in [2.75, 3.05) is 26.3 Å². The van der Waals surface area contributed by atoms with Gasteiger partial charge in [0.25, 0.3) is 0 Å². The Hall–Kier alpha value is -0.0800. The van der Waals surface area contributed by atoms with Gasteiger partial charge in [-0.25, -0.2) is 0 Å². The van der Waals surface area contributed by atoms with E-state index < -0.39 is 0 Å². The van der Waals surface area contributed by atoms with Crippen molar-refractivity contribution in [3.63, 3.8) is 0 Å². The summed E-state index contributed by atoms with van der Waals surface area (Å²) in [5.41, 5.74) is 0.329. The van der Waals surface area contributed by atoms with E-state index in [1.54, 1.807) is 0 Å². The molecule has 84 valence electrons. The Kier molecular flexibility index (Phi) is 3.96. The second kappa shape index (κ2) is 4.63. The Morgan fingerprint density at radius 2 is 2.00 bits per heavy atom. The van der Waals surface area contributed by atoms with E-state index in [2.05, 4.69) is 39.5 Å². The lowest BCUT2D eigenvalue weighted by atomic mass is 9.85. The number of nitrogens with zero attached hydrogens (tertiary/aromatic N) is 1. The zero-order chi connectivity index (χ0) is 10.8. The molecule has 0 spiro atoms. The van der Waals surface area contributed by atoms with Crippen LogP contribution in [-0.4, -0.2) is 37.2 Å². The Morgan fingerprint density at radius 3 is 2.50 bits per heavy atom. The summed E-state index contributed by atoms with van der Waals surface area (Å²) in [6.07, 6.45) is 0. The predicted molar refractivity (Wildman–Crippen MR) is 60.5 cm³/mol. The van der Waals surface area contributed by atoms with Crippen molar-refractivity contribution in [2.24, 2.45) is 11.3 Å². The quantitative estimate of drug-likeness (QED) is 0.677. The number of ether oxygens (including phenoxy) is 1. The fraction of sp³-hybridized carbons (Fsp3) is 1.00. The van der Waals surface area contributed by atoms with Crippen molar-refractivity contribution >= 4 is 0 Å². The van der Waals surface area contributed by atoms with Crippen LogP contribution in [-0.2, 0) is 4.74 Å². The highest BCUT2D eigenvalue weighted by atomic mass is 16.5. The molecule has 1 atom stereocenters. The topological polar surface area (TPSA) is 12.5 Å². The zero-order valence-corrected chi connectivity index (χ0v) is 10.3. The molecule has 0 aromatic heterocycles. The zero-order valence-electron chi connectivity index (χ0n) is 10.3. The molecule has 0 N–H and O–H groups in total. The van der Waals surface area contributed by atoms with Gasteiger partial charge in [0.15, 0.2) is 0 Å². The van der Waals surface area contributed by atoms with Gasteiger partial charge >= 0.3 is 0 Å². The number of hydrogen-bond donors (Lipinski definition) is 0. The highest BCUT2D eigenvalue weighted by molar-refractivity contribution is 4.85. The summed E-state index contributed by atoms with van der Waals surface area (Å²) in [5.74, 6) is 0.748. The van der Waals surface area contributed by atoms with E-state index in [0.29, 0.717) is 11.5 Å². The number of rotatable bonds is 2. The van der Waals surface area contributed by atoms with Crippen molar-refractivity contribution in [1.29, 1.82) is 0 Å². The SMILES string of the molecule is CC(C)CN1CCOCC1C(C)(C)C. The minimum Gasteiger partial charge on any atom is -0.378 e. The number of morpholine rings is 1. The molecule has 1 aliphatic rings. The van der Waals surface area contributed by atoms with E-state index >= 15 is 0 Å². The lowest BCUT2D eigenvalue weighted by Gasteiger charge is -2.43. The van der Waals surface area contributed by atoms with Gasteiger partial charge in [-0.15, -0.1) is 0 Å². The summed E-state index contributed by atoms with van der Waals surface area (Å²) < 4.78 is 5.58. The summed E-state index contributed by atoms with van der Waals surface area (Å²) in [6.45, 7) is 15.6. The normalized spacial score (nSPS) is 25.7. The van der Waals surface area contributed by atoms with Gasteiger partial charge in [0.05, 0.1) is 13.2 Å². The van der Waals surface area contributed by atoms with Gasteiger partial charge < -0.3 is 4.74 Å². The molecule has 1 saturated heterocycles. The Balaban J connectivity index is 2.59. The molecule has 0 aliphatic carbocycles. The molecule has 0 aromatic carbocycles. The molecule has 1 unspecified atom stereocenters. The van der Waals surface area contributed by atoms with Gasteiger partial charge in [-0.05, 0) is 11.3 Å². The summed E-state index contributed by atoms with van der Waals surface area (Å²) >= 11 is 0. The fourth-order valence-electron chi connectivity index (χ4n) is 2.12. The molecule has 0 saturated carbocycles. The van der Waals surface area contributed by atoms with Gasteiger partial charge in [-0.1, -0.05) is 34.6 Å². The van der Waals surface area contributed by atoms with E-state index in [1.807, 2.05) is 0 Å². The number of hydrogen-bond acceptors (Lipinski definition) is 2. The highest BCUT2D eigenvalue weighted by Gasteiger charge is 2.32. The lowest BCUT2D eigenvalue weighted by molar-refractivity contribution is -0.0521. The van der Waals surface area contributed by atoms with E-state index in [-0.39, 0.29) is 0 Å². The third kappa shape index (κ3) is 3.25. The summed E-state index contributed by atoms with van der Waals surface area (Å²) in [7, 11) is 0. The van der Waals surface area contributed by atoms with Gasteiger partial charge in [0, 0.05) is 19.1 Å². The van der Waals surface area contributed by atoms with Crippen LogP contribution in [0.15, 0.2) is 0 Å². The lowest BCUT2D eigenvalue weighted by Crippen LogP contribution is -2.52. The highest BCUT2D eigenvalue weighted by Crippen LogP contribution is 2.27. The third-order valence-electron chi connectivity index (χ3n) is 2.84. The van der Waals surface area contributed by atoms with Crippen LogP contribution >= 0.6 is 0 Å². The van der Waals surface area contributed by atoms with Crippen molar-refractivity contribution < 1.29 is 4.74 Å². The first-order valence-corrected chi connectivity index (χ1v) is 5.73. The maximum absolute atomic E-state index is 5.58. The van der Waals surface area contributed by atoms with Crippen LogP contribution < -0.4 is 0 Å². The molecule has 1 fully saturated rings. The molecule has 1 rings (SSSR count).